The van der Waals surface area contributed by atoms with Crippen LogP contribution in [0.3, 0.4) is 0 Å². The number of hydrogen-bond acceptors (Lipinski definition) is 3. The second kappa shape index (κ2) is 5.70. The second-order valence-electron chi connectivity index (χ2n) is 3.16. The van der Waals surface area contributed by atoms with E-state index in [-0.39, 0.29) is 0 Å². The Bertz CT molecular complexity index is 499. The zero-order chi connectivity index (χ0) is 12.1. The molecule has 0 aliphatic heterocycles. The minimum Gasteiger partial charge on any atom is -0.457 e. The molecule has 0 fully saturated rings. The summed E-state index contributed by atoms with van der Waals surface area (Å²) in [4.78, 5) is 0. The molecule has 17 heavy (non-hydrogen) atoms. The van der Waals surface area contributed by atoms with Gasteiger partial charge < -0.3 is 8.92 Å². The standard InChI is InChI=1S/C12H9ClO3S/c13-17(14)16-12-8-6-11(7-9-12)15-10-4-2-1-3-5-10/h1-9H. The molecule has 5 heteroatoms. The summed E-state index contributed by atoms with van der Waals surface area (Å²) in [5.74, 6) is 1.85. The van der Waals surface area contributed by atoms with Crippen molar-refractivity contribution in [2.75, 3.05) is 0 Å². The molecule has 0 N–H and O–H groups in total. The number of ether oxygens (including phenoxy) is 1. The van der Waals surface area contributed by atoms with E-state index in [1.807, 2.05) is 30.3 Å². The molecular formula is C12H9ClO3S. The minimum absolute atomic E-state index is 0.429. The maximum Gasteiger partial charge on any atom is 0.308 e. The molecule has 3 nitrogen and oxygen atoms in total. The summed E-state index contributed by atoms with van der Waals surface area (Å²) in [5, 5.41) is 0. The van der Waals surface area contributed by atoms with Crippen molar-refractivity contribution in [3.05, 3.63) is 54.6 Å². The van der Waals surface area contributed by atoms with Gasteiger partial charge in [-0.3, -0.25) is 0 Å². The third-order valence-corrected chi connectivity index (χ3v) is 2.48. The van der Waals surface area contributed by atoms with Crippen LogP contribution in [0.5, 0.6) is 17.2 Å². The zero-order valence-corrected chi connectivity index (χ0v) is 10.3. The molecule has 2 rings (SSSR count). The molecule has 0 aliphatic rings. The topological polar surface area (TPSA) is 35.5 Å². The van der Waals surface area contributed by atoms with Gasteiger partial charge in [-0.1, -0.05) is 18.2 Å². The van der Waals surface area contributed by atoms with Gasteiger partial charge in [0, 0.05) is 10.7 Å². The number of halogens is 1. The lowest BCUT2D eigenvalue weighted by molar-refractivity contribution is 0.481. The van der Waals surface area contributed by atoms with E-state index in [9.17, 15) is 4.21 Å². The Kier molecular flexibility index (Phi) is 4.01. The lowest BCUT2D eigenvalue weighted by Gasteiger charge is -2.05. The van der Waals surface area contributed by atoms with E-state index in [2.05, 4.69) is 0 Å². The number of benzene rings is 2. The maximum atomic E-state index is 10.6. The van der Waals surface area contributed by atoms with Gasteiger partial charge in [-0.2, -0.15) is 4.21 Å². The largest absolute Gasteiger partial charge is 0.457 e. The smallest absolute Gasteiger partial charge is 0.308 e. The Balaban J connectivity index is 2.06. The van der Waals surface area contributed by atoms with Gasteiger partial charge in [0.2, 0.25) is 0 Å². The van der Waals surface area contributed by atoms with Crippen molar-refractivity contribution in [2.45, 2.75) is 0 Å². The Morgan fingerprint density at radius 3 is 1.94 bits per heavy atom. The Morgan fingerprint density at radius 1 is 0.824 bits per heavy atom. The van der Waals surface area contributed by atoms with Crippen molar-refractivity contribution in [1.82, 2.24) is 0 Å². The SMILES string of the molecule is O=S(Cl)Oc1ccc(Oc2ccccc2)cc1. The van der Waals surface area contributed by atoms with Crippen LogP contribution in [0, 0.1) is 0 Å². The van der Waals surface area contributed by atoms with Gasteiger partial charge in [-0.25, -0.2) is 0 Å². The van der Waals surface area contributed by atoms with Crippen LogP contribution in [0.2, 0.25) is 0 Å². The molecule has 1 unspecified atom stereocenters. The van der Waals surface area contributed by atoms with Crippen LogP contribution < -0.4 is 8.92 Å². The van der Waals surface area contributed by atoms with Crippen molar-refractivity contribution >= 4 is 21.0 Å². The molecule has 2 aromatic carbocycles. The highest BCUT2D eigenvalue weighted by molar-refractivity contribution is 8.04. The molecule has 0 saturated carbocycles. The molecule has 2 aromatic rings. The van der Waals surface area contributed by atoms with Crippen molar-refractivity contribution < 1.29 is 13.1 Å². The Labute approximate surface area is 106 Å². The van der Waals surface area contributed by atoms with Crippen LogP contribution in [0.4, 0.5) is 0 Å². The van der Waals surface area contributed by atoms with Crippen LogP contribution >= 0.6 is 10.7 Å². The van der Waals surface area contributed by atoms with Gasteiger partial charge >= 0.3 is 10.3 Å². The highest BCUT2D eigenvalue weighted by Gasteiger charge is 2.00. The monoisotopic (exact) mass is 268 g/mol. The summed E-state index contributed by atoms with van der Waals surface area (Å²) in [7, 11) is 3.37. The van der Waals surface area contributed by atoms with Crippen molar-refractivity contribution in [2.24, 2.45) is 0 Å². The van der Waals surface area contributed by atoms with E-state index >= 15 is 0 Å². The van der Waals surface area contributed by atoms with E-state index in [4.69, 9.17) is 19.6 Å². The summed E-state index contributed by atoms with van der Waals surface area (Å²) >= 11 is 0. The maximum absolute atomic E-state index is 10.6. The molecule has 88 valence electrons. The summed E-state index contributed by atoms with van der Waals surface area (Å²) < 4.78 is 21.0. The van der Waals surface area contributed by atoms with Gasteiger partial charge in [0.1, 0.15) is 17.2 Å². The van der Waals surface area contributed by atoms with Crippen molar-refractivity contribution in [3.63, 3.8) is 0 Å². The zero-order valence-electron chi connectivity index (χ0n) is 8.71. The minimum atomic E-state index is -1.83. The third-order valence-electron chi connectivity index (χ3n) is 1.96. The van der Waals surface area contributed by atoms with Crippen LogP contribution in [0.1, 0.15) is 0 Å². The van der Waals surface area contributed by atoms with E-state index < -0.39 is 10.3 Å². The molecule has 1 atom stereocenters. The lowest BCUT2D eigenvalue weighted by atomic mass is 10.3. The van der Waals surface area contributed by atoms with Gasteiger partial charge in [0.25, 0.3) is 0 Å². The number of hydrogen-bond donors (Lipinski definition) is 0. The van der Waals surface area contributed by atoms with Crippen LogP contribution in [0.15, 0.2) is 54.6 Å². The van der Waals surface area contributed by atoms with Crippen molar-refractivity contribution in [1.29, 1.82) is 0 Å². The Morgan fingerprint density at radius 2 is 1.35 bits per heavy atom. The average molecular weight is 269 g/mol. The van der Waals surface area contributed by atoms with Gasteiger partial charge in [-0.15, -0.1) is 0 Å². The fourth-order valence-corrected chi connectivity index (χ4v) is 1.74. The van der Waals surface area contributed by atoms with E-state index in [1.165, 1.54) is 0 Å². The first-order valence-corrected chi connectivity index (χ1v) is 6.73. The molecule has 0 spiro atoms. The fraction of sp³-hybridized carbons (Fsp3) is 0. The predicted octanol–water partition coefficient (Wildman–Crippen LogP) is 3.68. The first-order valence-electron chi connectivity index (χ1n) is 4.83. The lowest BCUT2D eigenvalue weighted by Crippen LogP contribution is -1.91. The molecule has 0 radical (unpaired) electrons. The summed E-state index contributed by atoms with van der Waals surface area (Å²) in [6.45, 7) is 0. The van der Waals surface area contributed by atoms with Gasteiger partial charge in [0.05, 0.1) is 0 Å². The number of para-hydroxylation sites is 1. The van der Waals surface area contributed by atoms with Crippen molar-refractivity contribution in [3.8, 4) is 17.2 Å². The molecule has 0 heterocycles. The highest BCUT2D eigenvalue weighted by atomic mass is 35.7. The Hall–Kier alpha value is -1.52. The van der Waals surface area contributed by atoms with Crippen LogP contribution in [-0.2, 0) is 10.3 Å². The molecule has 0 bridgehead atoms. The van der Waals surface area contributed by atoms with E-state index in [1.54, 1.807) is 24.3 Å². The van der Waals surface area contributed by atoms with Crippen LogP contribution in [-0.4, -0.2) is 4.21 Å². The van der Waals surface area contributed by atoms with Crippen LogP contribution in [0.25, 0.3) is 0 Å². The predicted molar refractivity (Wildman–Crippen MR) is 67.6 cm³/mol. The molecule has 0 saturated heterocycles. The number of rotatable bonds is 4. The third kappa shape index (κ3) is 3.76. The van der Waals surface area contributed by atoms with E-state index in [0.717, 1.165) is 5.75 Å². The van der Waals surface area contributed by atoms with Gasteiger partial charge in [-0.05, 0) is 36.4 Å². The summed E-state index contributed by atoms with van der Waals surface area (Å²) in [6.07, 6.45) is 0. The fourth-order valence-electron chi connectivity index (χ4n) is 1.26. The summed E-state index contributed by atoms with van der Waals surface area (Å²) in [6, 6.07) is 16.1. The summed E-state index contributed by atoms with van der Waals surface area (Å²) in [5.41, 5.74) is 0. The van der Waals surface area contributed by atoms with E-state index in [0.29, 0.717) is 11.5 Å². The first-order chi connectivity index (χ1) is 8.24. The molecule has 0 amide bonds. The highest BCUT2D eigenvalue weighted by Crippen LogP contribution is 2.23. The second-order valence-corrected chi connectivity index (χ2v) is 4.47. The quantitative estimate of drug-likeness (QED) is 0.794. The molecular weight excluding hydrogens is 260 g/mol. The van der Waals surface area contributed by atoms with Gasteiger partial charge in [0.15, 0.2) is 0 Å². The molecule has 0 aromatic heterocycles. The first kappa shape index (κ1) is 12.0. The normalized spacial score (nSPS) is 11.8. The molecule has 0 aliphatic carbocycles. The average Bonchev–Trinajstić information content (AvgIpc) is 2.32.